The van der Waals surface area contributed by atoms with Crippen LogP contribution in [0.3, 0.4) is 0 Å². The minimum atomic E-state index is -1.15. The Hall–Kier alpha value is -1.61. The van der Waals surface area contributed by atoms with Gasteiger partial charge in [-0.2, -0.15) is 0 Å². The second kappa shape index (κ2) is 9.03. The van der Waals surface area contributed by atoms with Crippen molar-refractivity contribution in [3.8, 4) is 0 Å². The predicted octanol–water partition coefficient (Wildman–Crippen LogP) is 5.67. The molecule has 0 spiro atoms. The largest absolute Gasteiger partial charge is 0.386 e. The minimum Gasteiger partial charge on any atom is -0.386 e. The van der Waals surface area contributed by atoms with E-state index >= 15 is 0 Å². The van der Waals surface area contributed by atoms with Gasteiger partial charge in [-0.15, -0.1) is 0 Å². The highest BCUT2D eigenvalue weighted by molar-refractivity contribution is 9.10. The van der Waals surface area contributed by atoms with Crippen LogP contribution in [-0.4, -0.2) is 29.3 Å². The van der Waals surface area contributed by atoms with E-state index in [4.69, 9.17) is 4.74 Å². The van der Waals surface area contributed by atoms with Gasteiger partial charge in [-0.25, -0.2) is 13.8 Å². The van der Waals surface area contributed by atoms with Crippen LogP contribution >= 0.6 is 15.9 Å². The van der Waals surface area contributed by atoms with E-state index in [1.165, 1.54) is 12.1 Å². The number of pyridine rings is 1. The minimum absolute atomic E-state index is 0.0548. The third-order valence-electron chi connectivity index (χ3n) is 4.61. The molecule has 1 unspecified atom stereocenters. The molecule has 0 bridgehead atoms. The molecule has 2 aromatic heterocycles. The third-order valence-corrected chi connectivity index (χ3v) is 6.95. The number of halogens is 3. The first kappa shape index (κ1) is 22.1. The number of benzene rings is 1. The summed E-state index contributed by atoms with van der Waals surface area (Å²) in [6.07, 6.45) is 0.946. The van der Waals surface area contributed by atoms with E-state index in [9.17, 15) is 13.9 Å². The van der Waals surface area contributed by atoms with Gasteiger partial charge in [0.2, 0.25) is 0 Å². The second-order valence-corrected chi connectivity index (χ2v) is 14.9. The van der Waals surface area contributed by atoms with Crippen LogP contribution in [0, 0.1) is 11.6 Å². The molecule has 0 fully saturated rings. The van der Waals surface area contributed by atoms with Crippen molar-refractivity contribution in [2.75, 3.05) is 6.61 Å². The van der Waals surface area contributed by atoms with E-state index in [0.29, 0.717) is 34.7 Å². The molecule has 1 N–H and O–H groups in total. The Labute approximate surface area is 178 Å². The van der Waals surface area contributed by atoms with Crippen molar-refractivity contribution >= 4 is 35.0 Å². The third kappa shape index (κ3) is 5.94. The molecule has 0 aliphatic rings. The van der Waals surface area contributed by atoms with Crippen molar-refractivity contribution in [1.29, 1.82) is 0 Å². The van der Waals surface area contributed by atoms with Crippen molar-refractivity contribution in [3.05, 3.63) is 63.9 Å². The average Bonchev–Trinajstić information content (AvgIpc) is 2.98. The number of aliphatic hydroxyl groups excluding tert-OH is 1. The molecule has 0 saturated carbocycles. The van der Waals surface area contributed by atoms with Crippen LogP contribution < -0.4 is 0 Å². The van der Waals surface area contributed by atoms with E-state index in [1.54, 1.807) is 0 Å². The van der Waals surface area contributed by atoms with Gasteiger partial charge in [0.15, 0.2) is 0 Å². The molecule has 29 heavy (non-hydrogen) atoms. The SMILES string of the molecule is C[Si](C)(C)CCOCn1ccc2cc(Br)c(C(O)Cc3cc(F)cc(F)c3)nc21. The zero-order chi connectivity index (χ0) is 21.2. The Balaban J connectivity index is 1.78. The standard InChI is InChI=1S/C21H25BrF2N2O2Si/c1-29(2,3)7-6-28-13-26-5-4-15-11-18(22)20(25-21(15)26)19(27)10-14-8-16(23)12-17(24)9-14/h4-5,8-9,11-12,19,27H,6-7,10,13H2,1-3H3. The van der Waals surface area contributed by atoms with Gasteiger partial charge in [-0.3, -0.25) is 0 Å². The summed E-state index contributed by atoms with van der Waals surface area (Å²) >= 11 is 3.45. The molecule has 1 aromatic carbocycles. The monoisotopic (exact) mass is 482 g/mol. The Morgan fingerprint density at radius 2 is 1.86 bits per heavy atom. The molecule has 2 heterocycles. The number of rotatable bonds is 8. The number of aromatic nitrogens is 2. The molecule has 0 amide bonds. The molecule has 0 saturated heterocycles. The van der Waals surface area contributed by atoms with Crippen LogP contribution in [0.5, 0.6) is 0 Å². The summed E-state index contributed by atoms with van der Waals surface area (Å²) in [4.78, 5) is 4.61. The molecular weight excluding hydrogens is 458 g/mol. The van der Waals surface area contributed by atoms with Crippen LogP contribution in [0.25, 0.3) is 11.0 Å². The average molecular weight is 483 g/mol. The number of hydrogen-bond donors (Lipinski definition) is 1. The molecule has 0 aliphatic carbocycles. The lowest BCUT2D eigenvalue weighted by molar-refractivity contribution is 0.0897. The summed E-state index contributed by atoms with van der Waals surface area (Å²) in [5.74, 6) is -1.34. The van der Waals surface area contributed by atoms with Gasteiger partial charge in [-0.1, -0.05) is 19.6 Å². The van der Waals surface area contributed by atoms with Crippen LogP contribution in [0.15, 0.2) is 41.0 Å². The van der Waals surface area contributed by atoms with Crippen LogP contribution in [-0.2, 0) is 17.9 Å². The molecule has 3 rings (SSSR count). The fourth-order valence-electron chi connectivity index (χ4n) is 3.03. The molecule has 4 nitrogen and oxygen atoms in total. The smallest absolute Gasteiger partial charge is 0.142 e. The zero-order valence-electron chi connectivity index (χ0n) is 16.8. The molecule has 8 heteroatoms. The summed E-state index contributed by atoms with van der Waals surface area (Å²) in [7, 11) is -1.15. The fourth-order valence-corrected chi connectivity index (χ4v) is 4.38. The number of fused-ring (bicyclic) bond motifs is 1. The van der Waals surface area contributed by atoms with Crippen molar-refractivity contribution in [1.82, 2.24) is 9.55 Å². The molecule has 0 radical (unpaired) electrons. The first-order chi connectivity index (χ1) is 13.6. The lowest BCUT2D eigenvalue weighted by Gasteiger charge is -2.16. The number of ether oxygens (including phenoxy) is 1. The Kier molecular flexibility index (Phi) is 6.88. The van der Waals surface area contributed by atoms with E-state index in [-0.39, 0.29) is 6.42 Å². The van der Waals surface area contributed by atoms with E-state index in [1.807, 2.05) is 22.9 Å². The van der Waals surface area contributed by atoms with Gasteiger partial charge in [0.25, 0.3) is 0 Å². The van der Waals surface area contributed by atoms with Crippen LogP contribution in [0.1, 0.15) is 17.4 Å². The normalized spacial score (nSPS) is 13.2. The second-order valence-electron chi connectivity index (χ2n) is 8.40. The number of nitrogens with zero attached hydrogens (tertiary/aromatic N) is 2. The summed E-state index contributed by atoms with van der Waals surface area (Å²) < 4.78 is 35.2. The zero-order valence-corrected chi connectivity index (χ0v) is 19.3. The van der Waals surface area contributed by atoms with Gasteiger partial charge >= 0.3 is 0 Å². The van der Waals surface area contributed by atoms with Crippen molar-refractivity contribution in [2.45, 2.75) is 44.9 Å². The highest BCUT2D eigenvalue weighted by Gasteiger charge is 2.18. The first-order valence-corrected chi connectivity index (χ1v) is 14.0. The maximum atomic E-state index is 13.4. The van der Waals surface area contributed by atoms with Gasteiger partial charge in [0.05, 0.1) is 5.69 Å². The van der Waals surface area contributed by atoms with E-state index in [2.05, 4.69) is 40.6 Å². The highest BCUT2D eigenvalue weighted by atomic mass is 79.9. The predicted molar refractivity (Wildman–Crippen MR) is 117 cm³/mol. The Morgan fingerprint density at radius 3 is 2.52 bits per heavy atom. The summed E-state index contributed by atoms with van der Waals surface area (Å²) in [5.41, 5.74) is 1.48. The maximum Gasteiger partial charge on any atom is 0.142 e. The highest BCUT2D eigenvalue weighted by Crippen LogP contribution is 2.29. The summed E-state index contributed by atoms with van der Waals surface area (Å²) in [6.45, 7) is 8.00. The number of hydrogen-bond acceptors (Lipinski definition) is 3. The van der Waals surface area contributed by atoms with Crippen LogP contribution in [0.2, 0.25) is 25.7 Å². The van der Waals surface area contributed by atoms with Crippen molar-refractivity contribution < 1.29 is 18.6 Å². The molecule has 0 aliphatic heterocycles. The van der Waals surface area contributed by atoms with E-state index < -0.39 is 25.8 Å². The first-order valence-electron chi connectivity index (χ1n) is 9.48. The maximum absolute atomic E-state index is 13.4. The fraction of sp³-hybridized carbons (Fsp3) is 0.381. The van der Waals surface area contributed by atoms with Crippen molar-refractivity contribution in [3.63, 3.8) is 0 Å². The van der Waals surface area contributed by atoms with Crippen LogP contribution in [0.4, 0.5) is 8.78 Å². The Morgan fingerprint density at radius 1 is 1.17 bits per heavy atom. The summed E-state index contributed by atoms with van der Waals surface area (Å²) in [5, 5.41) is 11.6. The molecule has 1 atom stereocenters. The lowest BCUT2D eigenvalue weighted by Crippen LogP contribution is -2.22. The Bertz CT molecular complexity index is 984. The van der Waals surface area contributed by atoms with E-state index in [0.717, 1.165) is 17.5 Å². The molecule has 3 aromatic rings. The van der Waals surface area contributed by atoms with Gasteiger partial charge in [0.1, 0.15) is 30.1 Å². The van der Waals surface area contributed by atoms with Gasteiger partial charge < -0.3 is 14.4 Å². The molecule has 156 valence electrons. The quantitative estimate of drug-likeness (QED) is 0.332. The van der Waals surface area contributed by atoms with Gasteiger partial charge in [0, 0.05) is 43.2 Å². The van der Waals surface area contributed by atoms with Gasteiger partial charge in [-0.05, 0) is 51.8 Å². The molecular formula is C21H25BrF2N2O2Si. The topological polar surface area (TPSA) is 47.3 Å². The van der Waals surface area contributed by atoms with Crippen molar-refractivity contribution in [2.24, 2.45) is 0 Å². The summed E-state index contributed by atoms with van der Waals surface area (Å²) in [6, 6.07) is 8.14. The lowest BCUT2D eigenvalue weighted by atomic mass is 10.0. The number of aliphatic hydroxyl groups is 1.